The molecule has 3 unspecified atom stereocenters. The summed E-state index contributed by atoms with van der Waals surface area (Å²) in [5.74, 6) is -0.697. The maximum atomic E-state index is 13.0. The predicted molar refractivity (Wildman–Crippen MR) is 354 cm³/mol. The molecule has 88 heavy (non-hydrogen) atoms. The third kappa shape index (κ3) is 61.6. The minimum atomic E-state index is -4.95. The summed E-state index contributed by atoms with van der Waals surface area (Å²) in [6, 6.07) is 0. The van der Waals surface area contributed by atoms with Crippen LogP contribution < -0.4 is 0 Å². The lowest BCUT2D eigenvalue weighted by molar-refractivity contribution is -0.161. The molecule has 0 aromatic carbocycles. The molecule has 0 aliphatic heterocycles. The van der Waals surface area contributed by atoms with Crippen LogP contribution in [0.15, 0.2) is 0 Å². The molecule has 0 bridgehead atoms. The number of aliphatic hydroxyl groups excluding tert-OH is 1. The van der Waals surface area contributed by atoms with Gasteiger partial charge in [-0.1, -0.05) is 298 Å². The number of carbonyl (C=O) groups is 4. The van der Waals surface area contributed by atoms with Crippen molar-refractivity contribution in [3.05, 3.63) is 0 Å². The van der Waals surface area contributed by atoms with Crippen molar-refractivity contribution in [3.8, 4) is 0 Å². The highest BCUT2D eigenvalue weighted by molar-refractivity contribution is 7.47. The highest BCUT2D eigenvalue weighted by Crippen LogP contribution is 2.45. The molecule has 0 radical (unpaired) electrons. The number of hydrogen-bond donors (Lipinski definition) is 3. The maximum absolute atomic E-state index is 13.0. The number of hydrogen-bond acceptors (Lipinski definition) is 15. The summed E-state index contributed by atoms with van der Waals surface area (Å²) in [4.78, 5) is 72.1. The Bertz CT molecular complexity index is 1720. The van der Waals surface area contributed by atoms with Crippen molar-refractivity contribution in [2.75, 3.05) is 39.6 Å². The smallest absolute Gasteiger partial charge is 0.462 e. The molecular formula is C69H134O17P2. The van der Waals surface area contributed by atoms with Gasteiger partial charge in [0.1, 0.15) is 19.3 Å². The first-order valence-electron chi connectivity index (χ1n) is 36.0. The monoisotopic (exact) mass is 1300 g/mol. The Labute approximate surface area is 537 Å². The van der Waals surface area contributed by atoms with Gasteiger partial charge < -0.3 is 33.8 Å². The van der Waals surface area contributed by atoms with E-state index in [2.05, 4.69) is 41.5 Å². The van der Waals surface area contributed by atoms with E-state index in [9.17, 15) is 43.2 Å². The standard InChI is InChI=1S/C69H134O17P2/c1-7-10-12-14-15-16-17-18-19-20-21-22-23-24-25-26-27-28-29-34-41-47-53-68(73)85-65(58-80-67(72)52-46-40-33-31-30-32-39-44-50-62(6)9-3)60-84-88(77,78)82-56-63(70)55-81-87(75,76)83-59-64(57-79-66(71)51-45-37-13-11-8-2)86-69(74)54-48-42-36-35-38-43-49-61(4)5/h61-65,70H,7-60H2,1-6H3,(H,75,76)(H,77,78)/t62?,63-,64+,65+/m0/s1. The van der Waals surface area contributed by atoms with Gasteiger partial charge in [0.2, 0.25) is 0 Å². The molecule has 0 spiro atoms. The third-order valence-corrected chi connectivity index (χ3v) is 18.2. The lowest BCUT2D eigenvalue weighted by Gasteiger charge is -2.21. The number of unbranched alkanes of at least 4 members (excludes halogenated alkanes) is 37. The van der Waals surface area contributed by atoms with Crippen molar-refractivity contribution >= 4 is 39.5 Å². The molecule has 0 amide bonds. The summed E-state index contributed by atoms with van der Waals surface area (Å²) in [6.07, 6.45) is 46.6. The van der Waals surface area contributed by atoms with Gasteiger partial charge in [0.15, 0.2) is 12.2 Å². The van der Waals surface area contributed by atoms with Crippen molar-refractivity contribution in [1.29, 1.82) is 0 Å². The second-order valence-electron chi connectivity index (χ2n) is 25.6. The zero-order valence-corrected chi connectivity index (χ0v) is 58.8. The van der Waals surface area contributed by atoms with E-state index in [0.29, 0.717) is 31.6 Å². The van der Waals surface area contributed by atoms with Crippen LogP contribution in [-0.2, 0) is 65.4 Å². The van der Waals surface area contributed by atoms with Gasteiger partial charge in [0, 0.05) is 25.7 Å². The van der Waals surface area contributed by atoms with Gasteiger partial charge in [-0.3, -0.25) is 37.3 Å². The van der Waals surface area contributed by atoms with Gasteiger partial charge in [-0.15, -0.1) is 0 Å². The van der Waals surface area contributed by atoms with Gasteiger partial charge in [0.25, 0.3) is 0 Å². The molecule has 0 aromatic heterocycles. The van der Waals surface area contributed by atoms with Gasteiger partial charge in [-0.25, -0.2) is 9.13 Å². The van der Waals surface area contributed by atoms with Crippen LogP contribution in [0.3, 0.4) is 0 Å². The fourth-order valence-corrected chi connectivity index (χ4v) is 12.0. The van der Waals surface area contributed by atoms with E-state index in [4.69, 9.17) is 37.0 Å². The summed E-state index contributed by atoms with van der Waals surface area (Å²) in [5.41, 5.74) is 0. The first-order chi connectivity index (χ1) is 42.4. The fraction of sp³-hybridized carbons (Fsp3) is 0.942. The van der Waals surface area contributed by atoms with E-state index in [-0.39, 0.29) is 25.7 Å². The number of carbonyl (C=O) groups excluding carboxylic acids is 4. The van der Waals surface area contributed by atoms with Crippen LogP contribution in [0.25, 0.3) is 0 Å². The minimum Gasteiger partial charge on any atom is -0.462 e. The molecule has 0 saturated heterocycles. The summed E-state index contributed by atoms with van der Waals surface area (Å²) in [5, 5.41) is 10.5. The van der Waals surface area contributed by atoms with Crippen LogP contribution in [0.2, 0.25) is 0 Å². The van der Waals surface area contributed by atoms with E-state index >= 15 is 0 Å². The zero-order chi connectivity index (χ0) is 65.0. The van der Waals surface area contributed by atoms with Crippen molar-refractivity contribution < 1.29 is 80.2 Å². The van der Waals surface area contributed by atoms with Crippen molar-refractivity contribution in [1.82, 2.24) is 0 Å². The molecule has 0 rings (SSSR count). The van der Waals surface area contributed by atoms with E-state index in [1.165, 1.54) is 161 Å². The lowest BCUT2D eigenvalue weighted by atomic mass is 9.99. The SMILES string of the molecule is CCCCCCCCCCCCCCCCCCCCCCCCC(=O)O[C@H](COC(=O)CCCCCCCCCCC(C)CC)COP(=O)(O)OC[C@@H](O)COP(=O)(O)OC[C@@H](COC(=O)CCCCCCC)OC(=O)CCCCCCCCC(C)C. The molecule has 0 aromatic rings. The Morgan fingerprint density at radius 2 is 0.580 bits per heavy atom. The molecule has 522 valence electrons. The van der Waals surface area contributed by atoms with Crippen molar-refractivity contribution in [3.63, 3.8) is 0 Å². The summed E-state index contributed by atoms with van der Waals surface area (Å²) in [7, 11) is -9.88. The molecule has 6 atom stereocenters. The molecule has 19 heteroatoms. The van der Waals surface area contributed by atoms with Crippen LogP contribution >= 0.6 is 15.6 Å². The number of aliphatic hydroxyl groups is 1. The van der Waals surface area contributed by atoms with Crippen LogP contribution in [0.5, 0.6) is 0 Å². The van der Waals surface area contributed by atoms with E-state index < -0.39 is 97.5 Å². The van der Waals surface area contributed by atoms with E-state index in [0.717, 1.165) is 102 Å². The normalized spacial score (nSPS) is 14.5. The van der Waals surface area contributed by atoms with Crippen molar-refractivity contribution in [2.24, 2.45) is 11.8 Å². The molecule has 17 nitrogen and oxygen atoms in total. The Morgan fingerprint density at radius 1 is 0.330 bits per heavy atom. The van der Waals surface area contributed by atoms with Crippen molar-refractivity contribution in [2.45, 2.75) is 368 Å². The van der Waals surface area contributed by atoms with Gasteiger partial charge in [-0.05, 0) is 37.5 Å². The Morgan fingerprint density at radius 3 is 0.864 bits per heavy atom. The topological polar surface area (TPSA) is 237 Å². The second kappa shape index (κ2) is 61.3. The molecule has 3 N–H and O–H groups in total. The largest absolute Gasteiger partial charge is 0.472 e. The number of ether oxygens (including phenoxy) is 4. The van der Waals surface area contributed by atoms with E-state index in [1.54, 1.807) is 0 Å². The van der Waals surface area contributed by atoms with Crippen LogP contribution in [0.1, 0.15) is 350 Å². The lowest BCUT2D eigenvalue weighted by Crippen LogP contribution is -2.30. The summed E-state index contributed by atoms with van der Waals surface area (Å²) < 4.78 is 67.9. The van der Waals surface area contributed by atoms with Gasteiger partial charge >= 0.3 is 39.5 Å². The molecule has 0 aliphatic rings. The number of phosphoric acid groups is 2. The van der Waals surface area contributed by atoms with Gasteiger partial charge in [0.05, 0.1) is 26.4 Å². The first kappa shape index (κ1) is 86.1. The van der Waals surface area contributed by atoms with Crippen LogP contribution in [0.4, 0.5) is 0 Å². The quantitative estimate of drug-likeness (QED) is 0.0222. The summed E-state index contributed by atoms with van der Waals surface area (Å²) >= 11 is 0. The third-order valence-electron chi connectivity index (χ3n) is 16.3. The Balaban J connectivity index is 5.08. The number of rotatable bonds is 68. The predicted octanol–water partition coefficient (Wildman–Crippen LogP) is 19.6. The molecule has 0 heterocycles. The Hall–Kier alpha value is -1.94. The minimum absolute atomic E-state index is 0.101. The molecule has 0 aliphatic carbocycles. The second-order valence-corrected chi connectivity index (χ2v) is 28.5. The first-order valence-corrected chi connectivity index (χ1v) is 39.0. The average Bonchev–Trinajstić information content (AvgIpc) is 3.53. The Kier molecular flexibility index (Phi) is 59.9. The average molecular weight is 1300 g/mol. The van der Waals surface area contributed by atoms with Crippen LogP contribution in [0, 0.1) is 11.8 Å². The zero-order valence-electron chi connectivity index (χ0n) is 57.0. The number of phosphoric ester groups is 2. The summed E-state index contributed by atoms with van der Waals surface area (Å²) in [6.45, 7) is 9.34. The highest BCUT2D eigenvalue weighted by atomic mass is 31.2. The van der Waals surface area contributed by atoms with E-state index in [1.807, 2.05) is 0 Å². The molecule has 0 saturated carbocycles. The number of esters is 4. The molecular weight excluding hydrogens is 1160 g/mol. The fourth-order valence-electron chi connectivity index (χ4n) is 10.4. The van der Waals surface area contributed by atoms with Crippen LogP contribution in [-0.4, -0.2) is 96.7 Å². The van der Waals surface area contributed by atoms with Gasteiger partial charge in [-0.2, -0.15) is 0 Å². The maximum Gasteiger partial charge on any atom is 0.472 e. The highest BCUT2D eigenvalue weighted by Gasteiger charge is 2.30. The molecule has 0 fully saturated rings.